The van der Waals surface area contributed by atoms with Crippen LogP contribution in [0.25, 0.3) is 0 Å². The van der Waals surface area contributed by atoms with Crippen LogP contribution in [0.15, 0.2) is 18.2 Å². The first-order valence-corrected chi connectivity index (χ1v) is 6.13. The summed E-state index contributed by atoms with van der Waals surface area (Å²) in [5.74, 6) is -1.71. The third-order valence-corrected chi connectivity index (χ3v) is 2.77. The van der Waals surface area contributed by atoms with Gasteiger partial charge in [-0.3, -0.25) is 0 Å². The van der Waals surface area contributed by atoms with E-state index in [-0.39, 0.29) is 24.5 Å². The van der Waals surface area contributed by atoms with Gasteiger partial charge in [0.2, 0.25) is 0 Å². The van der Waals surface area contributed by atoms with Crippen molar-refractivity contribution in [3.05, 3.63) is 34.9 Å². The lowest BCUT2D eigenvalue weighted by molar-refractivity contribution is -0.175. The van der Waals surface area contributed by atoms with Crippen molar-refractivity contribution in [2.45, 2.75) is 24.4 Å². The van der Waals surface area contributed by atoms with Crippen molar-refractivity contribution in [2.24, 2.45) is 0 Å². The summed E-state index contributed by atoms with van der Waals surface area (Å²) < 4.78 is 116. The van der Waals surface area contributed by atoms with Gasteiger partial charge in [-0.05, 0) is 23.8 Å². The maximum atomic E-state index is 12.7. The molecule has 0 radical (unpaired) electrons. The van der Waals surface area contributed by atoms with E-state index in [0.29, 0.717) is 0 Å². The molecule has 0 heterocycles. The van der Waals surface area contributed by atoms with Gasteiger partial charge in [0.1, 0.15) is 12.9 Å². The minimum atomic E-state index is -5.13. The summed E-state index contributed by atoms with van der Waals surface area (Å²) in [5.41, 5.74) is -4.08. The zero-order valence-electron chi connectivity index (χ0n) is 11.5. The molecular weight excluding hydrogens is 359 g/mol. The molecule has 1 unspecified atom stereocenters. The molecule has 1 atom stereocenters. The highest BCUT2D eigenvalue weighted by atomic mass is 19.4. The SMILES string of the molecule is O=CC(COCC(F)(F)F)c1cc(C(F)(F)F)cc(C(F)(F)F)c1. The lowest BCUT2D eigenvalue weighted by atomic mass is 9.96. The van der Waals surface area contributed by atoms with Gasteiger partial charge in [0.05, 0.1) is 23.7 Å². The van der Waals surface area contributed by atoms with E-state index in [9.17, 15) is 44.3 Å². The van der Waals surface area contributed by atoms with Gasteiger partial charge in [-0.25, -0.2) is 0 Å². The molecule has 0 saturated carbocycles. The van der Waals surface area contributed by atoms with Crippen molar-refractivity contribution in [1.82, 2.24) is 0 Å². The van der Waals surface area contributed by atoms with Crippen molar-refractivity contribution in [2.75, 3.05) is 13.2 Å². The molecule has 1 aromatic rings. The molecule has 0 aliphatic rings. The molecule has 1 rings (SSSR count). The Morgan fingerprint density at radius 3 is 1.67 bits per heavy atom. The van der Waals surface area contributed by atoms with Gasteiger partial charge in [-0.15, -0.1) is 0 Å². The molecule has 0 bridgehead atoms. The molecule has 11 heteroatoms. The summed E-state index contributed by atoms with van der Waals surface area (Å²) in [6.07, 6.45) is -15.1. The molecular formula is C13H9F9O2. The van der Waals surface area contributed by atoms with Crippen LogP contribution in [0.2, 0.25) is 0 Å². The Kier molecular flexibility index (Phi) is 5.91. The van der Waals surface area contributed by atoms with E-state index < -0.39 is 54.4 Å². The number of rotatable bonds is 5. The number of alkyl halides is 9. The Bertz CT molecular complexity index is 540. The third kappa shape index (κ3) is 6.02. The molecule has 1 aromatic carbocycles. The van der Waals surface area contributed by atoms with Crippen LogP contribution in [0.3, 0.4) is 0 Å². The van der Waals surface area contributed by atoms with Gasteiger partial charge in [-0.2, -0.15) is 39.5 Å². The third-order valence-electron chi connectivity index (χ3n) is 2.77. The molecule has 136 valence electrons. The van der Waals surface area contributed by atoms with E-state index in [1.165, 1.54) is 0 Å². The van der Waals surface area contributed by atoms with Crippen LogP contribution in [0.1, 0.15) is 22.6 Å². The zero-order valence-corrected chi connectivity index (χ0v) is 11.5. The zero-order chi connectivity index (χ0) is 18.8. The molecule has 24 heavy (non-hydrogen) atoms. The Labute approximate surface area is 129 Å². The number of halogens is 9. The molecule has 0 aromatic heterocycles. The number of carbonyl (C=O) groups is 1. The van der Waals surface area contributed by atoms with E-state index >= 15 is 0 Å². The molecule has 0 saturated heterocycles. The normalized spacial score (nSPS) is 14.5. The monoisotopic (exact) mass is 368 g/mol. The fourth-order valence-corrected chi connectivity index (χ4v) is 1.71. The first-order chi connectivity index (χ1) is 10.7. The number of hydrogen-bond acceptors (Lipinski definition) is 2. The average molecular weight is 368 g/mol. The summed E-state index contributed by atoms with van der Waals surface area (Å²) in [5, 5.41) is 0. The quantitative estimate of drug-likeness (QED) is 0.562. The van der Waals surface area contributed by atoms with Gasteiger partial charge in [0.25, 0.3) is 0 Å². The summed E-state index contributed by atoms with van der Waals surface area (Å²) in [4.78, 5) is 10.9. The highest BCUT2D eigenvalue weighted by Gasteiger charge is 2.37. The fraction of sp³-hybridized carbons (Fsp3) is 0.462. The molecule has 0 spiro atoms. The fourth-order valence-electron chi connectivity index (χ4n) is 1.71. The Morgan fingerprint density at radius 2 is 1.33 bits per heavy atom. The van der Waals surface area contributed by atoms with Crippen molar-refractivity contribution < 1.29 is 49.0 Å². The standard InChI is InChI=1S/C13H9F9O2/c14-11(15,16)6-24-5-8(4-23)7-1-9(12(17,18)19)3-10(2-7)13(20,21)22/h1-4,8H,5-6H2. The molecule has 0 N–H and O–H groups in total. The predicted molar refractivity (Wildman–Crippen MR) is 62.1 cm³/mol. The highest BCUT2D eigenvalue weighted by molar-refractivity contribution is 5.63. The van der Waals surface area contributed by atoms with Crippen molar-refractivity contribution in [3.63, 3.8) is 0 Å². The molecule has 0 amide bonds. The van der Waals surface area contributed by atoms with Gasteiger partial charge >= 0.3 is 18.5 Å². The van der Waals surface area contributed by atoms with Crippen molar-refractivity contribution in [1.29, 1.82) is 0 Å². The minimum Gasteiger partial charge on any atom is -0.371 e. The second-order valence-electron chi connectivity index (χ2n) is 4.71. The highest BCUT2D eigenvalue weighted by Crippen LogP contribution is 2.37. The predicted octanol–water partition coefficient (Wildman–Crippen LogP) is 4.59. The topological polar surface area (TPSA) is 26.3 Å². The summed E-state index contributed by atoms with van der Waals surface area (Å²) in [7, 11) is 0. The van der Waals surface area contributed by atoms with Crippen molar-refractivity contribution in [3.8, 4) is 0 Å². The van der Waals surface area contributed by atoms with Gasteiger partial charge < -0.3 is 9.53 Å². The number of carbonyl (C=O) groups excluding carboxylic acids is 1. The van der Waals surface area contributed by atoms with Crippen molar-refractivity contribution >= 4 is 6.29 Å². The van der Waals surface area contributed by atoms with Crippen LogP contribution >= 0.6 is 0 Å². The van der Waals surface area contributed by atoms with E-state index in [1.54, 1.807) is 0 Å². The van der Waals surface area contributed by atoms with E-state index in [0.717, 1.165) is 0 Å². The first-order valence-electron chi connectivity index (χ1n) is 6.13. The maximum absolute atomic E-state index is 12.7. The van der Waals surface area contributed by atoms with Crippen LogP contribution in [0.5, 0.6) is 0 Å². The van der Waals surface area contributed by atoms with E-state index in [2.05, 4.69) is 4.74 Å². The largest absolute Gasteiger partial charge is 0.416 e. The summed E-state index contributed by atoms with van der Waals surface area (Å²) in [6.45, 7) is -2.80. The van der Waals surface area contributed by atoms with Crippen LogP contribution in [-0.2, 0) is 21.9 Å². The smallest absolute Gasteiger partial charge is 0.371 e. The Balaban J connectivity index is 3.17. The minimum absolute atomic E-state index is 0.0774. The Morgan fingerprint density at radius 1 is 0.875 bits per heavy atom. The van der Waals surface area contributed by atoms with Crippen LogP contribution in [0, 0.1) is 0 Å². The van der Waals surface area contributed by atoms with Crippen LogP contribution in [-0.4, -0.2) is 25.7 Å². The van der Waals surface area contributed by atoms with Crippen LogP contribution < -0.4 is 0 Å². The number of ether oxygens (including phenoxy) is 1. The summed E-state index contributed by atoms with van der Waals surface area (Å²) >= 11 is 0. The maximum Gasteiger partial charge on any atom is 0.416 e. The average Bonchev–Trinajstić information content (AvgIpc) is 2.40. The van der Waals surface area contributed by atoms with Gasteiger partial charge in [0, 0.05) is 0 Å². The second-order valence-corrected chi connectivity index (χ2v) is 4.71. The molecule has 0 fully saturated rings. The van der Waals surface area contributed by atoms with E-state index in [4.69, 9.17) is 0 Å². The summed E-state index contributed by atoms with van der Waals surface area (Å²) in [6, 6.07) is 0.387. The lowest BCUT2D eigenvalue weighted by Gasteiger charge is -2.17. The van der Waals surface area contributed by atoms with Crippen LogP contribution in [0.4, 0.5) is 39.5 Å². The second kappa shape index (κ2) is 6.99. The number of benzene rings is 1. The van der Waals surface area contributed by atoms with Gasteiger partial charge in [-0.1, -0.05) is 0 Å². The first kappa shape index (κ1) is 20.3. The van der Waals surface area contributed by atoms with Gasteiger partial charge in [0.15, 0.2) is 0 Å². The molecule has 0 aliphatic carbocycles. The van der Waals surface area contributed by atoms with E-state index in [1.807, 2.05) is 0 Å². The number of hydrogen-bond donors (Lipinski definition) is 0. The molecule has 2 nitrogen and oxygen atoms in total. The molecule has 0 aliphatic heterocycles. The lowest BCUT2D eigenvalue weighted by Crippen LogP contribution is -2.21. The number of aldehydes is 1. The Hall–Kier alpha value is -1.78.